The van der Waals surface area contributed by atoms with Gasteiger partial charge in [-0.3, -0.25) is 17.3 Å². The molecule has 1 aromatic rings. The molecule has 16 heavy (non-hydrogen) atoms. The number of aromatic nitrogens is 3. The molecular weight excluding hydrogens is 226 g/mol. The van der Waals surface area contributed by atoms with Crippen molar-refractivity contribution in [2.45, 2.75) is 0 Å². The SMILES string of the molecule is N[NH+]=C(N)N.O=[N+]([O-])c1nnc([N+](=O)[O-])[n-]1. The quantitative estimate of drug-likeness (QED) is 0.126. The predicted octanol–water partition coefficient (Wildman–Crippen LogP) is -4.54. The van der Waals surface area contributed by atoms with Gasteiger partial charge in [0.25, 0.3) is 0 Å². The van der Waals surface area contributed by atoms with Crippen LogP contribution in [0.5, 0.6) is 0 Å². The summed E-state index contributed by atoms with van der Waals surface area (Å²) >= 11 is 0. The fourth-order valence-corrected chi connectivity index (χ4v) is 0.378. The molecule has 0 aliphatic carbocycles. The van der Waals surface area contributed by atoms with E-state index in [-0.39, 0.29) is 5.96 Å². The van der Waals surface area contributed by atoms with Gasteiger partial charge in [-0.1, -0.05) is 14.8 Å². The van der Waals surface area contributed by atoms with Gasteiger partial charge in [0.05, 0.1) is 0 Å². The lowest BCUT2D eigenvalue weighted by atomic mass is 11.0. The van der Waals surface area contributed by atoms with Crippen LogP contribution in [0.25, 0.3) is 0 Å². The van der Waals surface area contributed by atoms with Gasteiger partial charge in [0.1, 0.15) is 0 Å². The first-order valence-electron chi connectivity index (χ1n) is 3.39. The normalized spacial score (nSPS) is 8.50. The fraction of sp³-hybridized carbons (Fsp3) is 0. The molecule has 0 unspecified atom stereocenters. The number of guanidine groups is 1. The number of hydrogen-bond donors (Lipinski definition) is 4. The lowest BCUT2D eigenvalue weighted by molar-refractivity contribution is -0.471. The standard InChI is InChI=1S/C2N5O4.CH6N4/c8-6(9)1-3-2(5-4-1)7(10)11;2-1(3)5-4/h;4H2,(H4,2,3,5)/q-1;/p+1. The molecule has 0 spiro atoms. The van der Waals surface area contributed by atoms with Crippen LogP contribution in [-0.4, -0.2) is 26.0 Å². The van der Waals surface area contributed by atoms with Crippen LogP contribution in [0, 0.1) is 20.2 Å². The van der Waals surface area contributed by atoms with Gasteiger partial charge in [0.15, 0.2) is 0 Å². The summed E-state index contributed by atoms with van der Waals surface area (Å²) in [5, 5.41) is 27.4. The number of rotatable bonds is 2. The zero-order chi connectivity index (χ0) is 12.7. The van der Waals surface area contributed by atoms with Gasteiger partial charge in [0.2, 0.25) is 0 Å². The minimum atomic E-state index is -0.958. The number of nitrogens with one attached hydrogen (secondary N) is 1. The summed E-state index contributed by atoms with van der Waals surface area (Å²) in [4.78, 5) is 20.7. The van der Waals surface area contributed by atoms with Crippen LogP contribution >= 0.6 is 0 Å². The van der Waals surface area contributed by atoms with Crippen LogP contribution in [0.15, 0.2) is 0 Å². The van der Waals surface area contributed by atoms with Crippen LogP contribution in [-0.2, 0) is 0 Å². The van der Waals surface area contributed by atoms with Crippen molar-refractivity contribution in [3.8, 4) is 0 Å². The third kappa shape index (κ3) is 4.30. The molecule has 0 amide bonds. The Morgan fingerprint density at radius 1 is 1.19 bits per heavy atom. The van der Waals surface area contributed by atoms with Crippen LogP contribution in [0.2, 0.25) is 0 Å². The Bertz CT molecular complexity index is 376. The number of hydrazone groups is 1. The van der Waals surface area contributed by atoms with E-state index in [4.69, 9.17) is 11.5 Å². The van der Waals surface area contributed by atoms with Crippen molar-refractivity contribution in [2.75, 3.05) is 0 Å². The summed E-state index contributed by atoms with van der Waals surface area (Å²) in [5.41, 5.74) is 9.50. The maximum atomic E-state index is 9.85. The van der Waals surface area contributed by atoms with Crippen molar-refractivity contribution in [1.29, 1.82) is 0 Å². The summed E-state index contributed by atoms with van der Waals surface area (Å²) in [6.07, 6.45) is 0. The van der Waals surface area contributed by atoms with Gasteiger partial charge in [-0.25, -0.2) is 0 Å². The van der Waals surface area contributed by atoms with Crippen molar-refractivity contribution in [2.24, 2.45) is 17.3 Å². The van der Waals surface area contributed by atoms with Gasteiger partial charge in [0, 0.05) is 10.2 Å². The molecule has 0 fully saturated rings. The topological polar surface area (TPSA) is 218 Å². The second-order valence-electron chi connectivity index (χ2n) is 2.03. The molecule has 13 nitrogen and oxygen atoms in total. The van der Waals surface area contributed by atoms with Gasteiger partial charge in [-0.05, 0) is 0 Å². The van der Waals surface area contributed by atoms with E-state index in [9.17, 15) is 20.2 Å². The average Bonchev–Trinajstić information content (AvgIpc) is 2.67. The van der Waals surface area contributed by atoms with E-state index in [1.54, 1.807) is 0 Å². The number of nitrogens with two attached hydrogens (primary N) is 3. The zero-order valence-electron chi connectivity index (χ0n) is 7.60. The van der Waals surface area contributed by atoms with Crippen LogP contribution in [0.4, 0.5) is 11.9 Å². The Morgan fingerprint density at radius 3 is 1.62 bits per heavy atom. The minimum absolute atomic E-state index is 0.0324. The summed E-state index contributed by atoms with van der Waals surface area (Å²) < 4.78 is 0. The first-order valence-corrected chi connectivity index (χ1v) is 3.39. The Morgan fingerprint density at radius 2 is 1.50 bits per heavy atom. The molecule has 0 saturated carbocycles. The monoisotopic (exact) mass is 233 g/mol. The molecule has 0 saturated heterocycles. The summed E-state index contributed by atoms with van der Waals surface area (Å²) in [6, 6.07) is 0. The van der Waals surface area contributed by atoms with Crippen LogP contribution in [0.1, 0.15) is 0 Å². The van der Waals surface area contributed by atoms with E-state index in [0.29, 0.717) is 0 Å². The van der Waals surface area contributed by atoms with Crippen molar-refractivity contribution in [3.63, 3.8) is 0 Å². The third-order valence-electron chi connectivity index (χ3n) is 0.922. The Kier molecular flexibility index (Phi) is 4.62. The predicted molar refractivity (Wildman–Crippen MR) is 47.2 cm³/mol. The van der Waals surface area contributed by atoms with Crippen molar-refractivity contribution >= 4 is 17.9 Å². The van der Waals surface area contributed by atoms with Crippen LogP contribution < -0.4 is 27.4 Å². The highest BCUT2D eigenvalue weighted by Gasteiger charge is 2.15. The van der Waals surface area contributed by atoms with E-state index in [1.807, 2.05) is 5.10 Å². The van der Waals surface area contributed by atoms with Crippen molar-refractivity contribution in [1.82, 2.24) is 15.2 Å². The molecule has 0 aromatic carbocycles. The van der Waals surface area contributed by atoms with Crippen molar-refractivity contribution < 1.29 is 14.9 Å². The lowest BCUT2D eigenvalue weighted by Gasteiger charge is -1.88. The highest BCUT2D eigenvalue weighted by atomic mass is 16.6. The minimum Gasteiger partial charge on any atom is -0.417 e. The van der Waals surface area contributed by atoms with E-state index in [2.05, 4.69) is 21.0 Å². The molecule has 0 aliphatic heterocycles. The summed E-state index contributed by atoms with van der Waals surface area (Å²) in [6.45, 7) is 0. The molecule has 0 radical (unpaired) electrons. The summed E-state index contributed by atoms with van der Waals surface area (Å²) in [7, 11) is 0. The number of nitrogens with zero attached hydrogens (tertiary/aromatic N) is 5. The molecule has 7 N–H and O–H groups in total. The largest absolute Gasteiger partial charge is 0.418 e. The molecule has 13 heteroatoms. The Balaban J connectivity index is 0.000000385. The molecule has 0 bridgehead atoms. The zero-order valence-corrected chi connectivity index (χ0v) is 7.60. The van der Waals surface area contributed by atoms with E-state index < -0.39 is 21.7 Å². The maximum Gasteiger partial charge on any atom is 0.418 e. The van der Waals surface area contributed by atoms with E-state index in [0.717, 1.165) is 0 Å². The molecule has 0 atom stereocenters. The maximum absolute atomic E-state index is 9.85. The molecule has 1 aromatic heterocycles. The molecule has 1 rings (SSSR count). The highest BCUT2D eigenvalue weighted by molar-refractivity contribution is 5.68. The molecule has 1 heterocycles. The summed E-state index contributed by atoms with van der Waals surface area (Å²) in [5.74, 6) is 2.94. The Labute approximate surface area is 86.6 Å². The second kappa shape index (κ2) is 5.68. The molecule has 0 aliphatic rings. The third-order valence-corrected chi connectivity index (χ3v) is 0.922. The molecule has 88 valence electrons. The Hall–Kier alpha value is -2.99. The van der Waals surface area contributed by atoms with Crippen molar-refractivity contribution in [3.05, 3.63) is 20.2 Å². The van der Waals surface area contributed by atoms with E-state index in [1.165, 1.54) is 0 Å². The second-order valence-corrected chi connectivity index (χ2v) is 2.03. The van der Waals surface area contributed by atoms with Gasteiger partial charge in [-0.15, -0.1) is 0 Å². The fourth-order valence-electron chi connectivity index (χ4n) is 0.378. The van der Waals surface area contributed by atoms with Gasteiger partial charge < -0.3 is 20.2 Å². The number of hydrazine groups is 1. The highest BCUT2D eigenvalue weighted by Crippen LogP contribution is 2.04. The van der Waals surface area contributed by atoms with Gasteiger partial charge >= 0.3 is 17.9 Å². The number of nitro groups is 2. The lowest BCUT2D eigenvalue weighted by Crippen LogP contribution is -2.84. The van der Waals surface area contributed by atoms with Gasteiger partial charge in [-0.2, -0.15) is 5.10 Å². The number of hydrogen-bond acceptors (Lipinski definition) is 7. The first-order chi connectivity index (χ1) is 7.38. The van der Waals surface area contributed by atoms with Crippen LogP contribution in [0.3, 0.4) is 0 Å². The smallest absolute Gasteiger partial charge is 0.417 e. The first kappa shape index (κ1) is 13.0. The molecular formula is C3H7N9O4. The van der Waals surface area contributed by atoms with E-state index >= 15 is 0 Å². The average molecular weight is 233 g/mol.